The molecule has 0 atom stereocenters. The summed E-state index contributed by atoms with van der Waals surface area (Å²) < 4.78 is 1.27. The second-order valence-electron chi connectivity index (χ2n) is 5.57. The predicted octanol–water partition coefficient (Wildman–Crippen LogP) is 4.55. The maximum Gasteiger partial charge on any atom is 0.191 e. The molecular formula is C18H29IN4S2. The number of fused-ring (bicyclic) bond motifs is 1. The highest BCUT2D eigenvalue weighted by Crippen LogP contribution is 2.22. The number of thioether (sulfide) groups is 1. The number of thiazole rings is 1. The Balaban J connectivity index is 0.00000312. The van der Waals surface area contributed by atoms with Crippen LogP contribution in [0.15, 0.2) is 29.3 Å². The predicted molar refractivity (Wildman–Crippen MR) is 125 cm³/mol. The fraction of sp³-hybridized carbons (Fsp3) is 0.556. The van der Waals surface area contributed by atoms with Crippen LogP contribution in [0.1, 0.15) is 31.2 Å². The summed E-state index contributed by atoms with van der Waals surface area (Å²) in [6.07, 6.45) is 6.63. The molecule has 140 valence electrons. The molecule has 1 aromatic carbocycles. The number of rotatable bonds is 10. The number of benzene rings is 1. The van der Waals surface area contributed by atoms with Crippen molar-refractivity contribution in [2.45, 2.75) is 32.6 Å². The molecule has 0 bridgehead atoms. The summed E-state index contributed by atoms with van der Waals surface area (Å²) in [5, 5.41) is 7.94. The second kappa shape index (κ2) is 13.6. The number of para-hydroxylation sites is 1. The number of nitrogens with zero attached hydrogens (tertiary/aromatic N) is 2. The van der Waals surface area contributed by atoms with E-state index in [4.69, 9.17) is 0 Å². The Labute approximate surface area is 176 Å². The molecule has 0 aliphatic rings. The molecule has 1 aromatic heterocycles. The number of guanidine groups is 1. The molecule has 2 N–H and O–H groups in total. The zero-order valence-corrected chi connectivity index (χ0v) is 19.0. The first kappa shape index (κ1) is 22.5. The summed E-state index contributed by atoms with van der Waals surface area (Å²) in [6, 6.07) is 8.34. The van der Waals surface area contributed by atoms with Gasteiger partial charge in [-0.3, -0.25) is 4.99 Å². The van der Waals surface area contributed by atoms with Gasteiger partial charge in [0.1, 0.15) is 0 Å². The van der Waals surface area contributed by atoms with E-state index < -0.39 is 0 Å². The first-order valence-corrected chi connectivity index (χ1v) is 10.9. The lowest BCUT2D eigenvalue weighted by molar-refractivity contribution is 0.729. The van der Waals surface area contributed by atoms with Gasteiger partial charge in [0.25, 0.3) is 0 Å². The normalized spacial score (nSPS) is 11.4. The molecule has 4 nitrogen and oxygen atoms in total. The van der Waals surface area contributed by atoms with Gasteiger partial charge in [0.05, 0.1) is 15.2 Å². The third-order valence-corrected chi connectivity index (χ3v) is 5.36. The average Bonchev–Trinajstić information content (AvgIpc) is 3.01. The third-order valence-electron chi connectivity index (χ3n) is 3.57. The van der Waals surface area contributed by atoms with E-state index >= 15 is 0 Å². The lowest BCUT2D eigenvalue weighted by Crippen LogP contribution is -2.37. The molecule has 0 spiro atoms. The molecule has 2 rings (SSSR count). The van der Waals surface area contributed by atoms with Crippen molar-refractivity contribution in [2.24, 2.45) is 4.99 Å². The van der Waals surface area contributed by atoms with Crippen molar-refractivity contribution in [1.82, 2.24) is 15.6 Å². The van der Waals surface area contributed by atoms with Crippen molar-refractivity contribution in [3.05, 3.63) is 29.3 Å². The Kier molecular flexibility index (Phi) is 12.3. The molecule has 0 amide bonds. The zero-order chi connectivity index (χ0) is 17.0. The summed E-state index contributed by atoms with van der Waals surface area (Å²) in [5.74, 6) is 2.17. The van der Waals surface area contributed by atoms with Crippen molar-refractivity contribution in [1.29, 1.82) is 0 Å². The number of halogens is 1. The van der Waals surface area contributed by atoms with E-state index in [9.17, 15) is 0 Å². The monoisotopic (exact) mass is 492 g/mol. The maximum atomic E-state index is 4.68. The largest absolute Gasteiger partial charge is 0.357 e. The number of hydrogen-bond acceptors (Lipinski definition) is 4. The summed E-state index contributed by atoms with van der Waals surface area (Å²) in [5.41, 5.74) is 1.11. The van der Waals surface area contributed by atoms with Crippen LogP contribution in [0.25, 0.3) is 10.2 Å². The summed E-state index contributed by atoms with van der Waals surface area (Å²) in [7, 11) is 0. The topological polar surface area (TPSA) is 49.3 Å². The van der Waals surface area contributed by atoms with Crippen LogP contribution in [0.5, 0.6) is 0 Å². The average molecular weight is 492 g/mol. The van der Waals surface area contributed by atoms with Crippen molar-refractivity contribution in [2.75, 3.05) is 31.6 Å². The molecule has 7 heteroatoms. The number of aromatic nitrogens is 1. The van der Waals surface area contributed by atoms with Crippen LogP contribution >= 0.6 is 47.1 Å². The van der Waals surface area contributed by atoms with E-state index in [-0.39, 0.29) is 24.0 Å². The van der Waals surface area contributed by atoms with Crippen LogP contribution in [0.2, 0.25) is 0 Å². The Bertz CT molecular complexity index is 597. The van der Waals surface area contributed by atoms with Gasteiger partial charge in [0.2, 0.25) is 0 Å². The van der Waals surface area contributed by atoms with Crippen molar-refractivity contribution in [3.63, 3.8) is 0 Å². The van der Waals surface area contributed by atoms with Gasteiger partial charge < -0.3 is 10.6 Å². The first-order chi connectivity index (χ1) is 11.8. The number of aliphatic imine (C=N–C) groups is 1. The van der Waals surface area contributed by atoms with Gasteiger partial charge in [-0.15, -0.1) is 35.3 Å². The molecule has 0 saturated heterocycles. The second-order valence-corrected chi connectivity index (χ2v) is 7.67. The molecule has 1 heterocycles. The van der Waals surface area contributed by atoms with Crippen LogP contribution in [-0.2, 0) is 6.42 Å². The van der Waals surface area contributed by atoms with Gasteiger partial charge in [0.15, 0.2) is 5.96 Å². The minimum Gasteiger partial charge on any atom is -0.357 e. The van der Waals surface area contributed by atoms with Crippen molar-refractivity contribution in [3.8, 4) is 0 Å². The van der Waals surface area contributed by atoms with E-state index in [0.29, 0.717) is 0 Å². The zero-order valence-electron chi connectivity index (χ0n) is 15.1. The molecule has 25 heavy (non-hydrogen) atoms. The minimum absolute atomic E-state index is 0. The Morgan fingerprint density at radius 1 is 1.20 bits per heavy atom. The summed E-state index contributed by atoms with van der Waals surface area (Å²) >= 11 is 3.70. The number of nitrogens with one attached hydrogen (secondary N) is 2. The third kappa shape index (κ3) is 8.59. The van der Waals surface area contributed by atoms with Gasteiger partial charge in [-0.05, 0) is 50.3 Å². The Hall–Kier alpha value is -0.540. The van der Waals surface area contributed by atoms with Crippen LogP contribution in [-0.4, -0.2) is 42.6 Å². The summed E-state index contributed by atoms with van der Waals surface area (Å²) in [6.45, 7) is 4.82. The van der Waals surface area contributed by atoms with E-state index in [1.807, 2.05) is 17.8 Å². The van der Waals surface area contributed by atoms with E-state index in [2.05, 4.69) is 52.0 Å². The number of unbranched alkanes of at least 4 members (excludes halogenated alkanes) is 1. The van der Waals surface area contributed by atoms with Crippen LogP contribution in [0.4, 0.5) is 0 Å². The Morgan fingerprint density at radius 2 is 2.04 bits per heavy atom. The number of aryl methyl sites for hydroxylation is 1. The smallest absolute Gasteiger partial charge is 0.191 e. The molecular weight excluding hydrogens is 463 g/mol. The Morgan fingerprint density at radius 3 is 2.80 bits per heavy atom. The molecule has 0 radical (unpaired) electrons. The first-order valence-electron chi connectivity index (χ1n) is 8.69. The van der Waals surface area contributed by atoms with Crippen molar-refractivity contribution >= 4 is 63.3 Å². The highest BCUT2D eigenvalue weighted by molar-refractivity contribution is 14.0. The molecule has 0 saturated carbocycles. The van der Waals surface area contributed by atoms with E-state index in [1.54, 1.807) is 11.3 Å². The lowest BCUT2D eigenvalue weighted by Gasteiger charge is -2.10. The molecule has 0 aliphatic heterocycles. The summed E-state index contributed by atoms with van der Waals surface area (Å²) in [4.78, 5) is 9.35. The maximum absolute atomic E-state index is 4.68. The highest BCUT2D eigenvalue weighted by Gasteiger charge is 2.03. The highest BCUT2D eigenvalue weighted by atomic mass is 127. The fourth-order valence-electron chi connectivity index (χ4n) is 2.37. The molecule has 2 aromatic rings. The van der Waals surface area contributed by atoms with E-state index in [0.717, 1.165) is 44.0 Å². The quantitative estimate of drug-likeness (QED) is 0.221. The van der Waals surface area contributed by atoms with Gasteiger partial charge in [0, 0.05) is 26.1 Å². The van der Waals surface area contributed by atoms with Gasteiger partial charge in [-0.2, -0.15) is 11.8 Å². The van der Waals surface area contributed by atoms with Gasteiger partial charge >= 0.3 is 0 Å². The van der Waals surface area contributed by atoms with Crippen molar-refractivity contribution < 1.29 is 0 Å². The van der Waals surface area contributed by atoms with Gasteiger partial charge in [-0.25, -0.2) is 4.98 Å². The fourth-order valence-corrected chi connectivity index (χ4v) is 3.87. The molecule has 0 unspecified atom stereocenters. The van der Waals surface area contributed by atoms with Crippen LogP contribution < -0.4 is 10.6 Å². The van der Waals surface area contributed by atoms with Crippen LogP contribution in [0, 0.1) is 0 Å². The number of hydrogen-bond donors (Lipinski definition) is 2. The van der Waals surface area contributed by atoms with Gasteiger partial charge in [-0.1, -0.05) is 12.1 Å². The molecule has 0 fully saturated rings. The SMILES string of the molecule is CCNC(=NCCCc1nc2ccccc2s1)NCCCCSC.I. The van der Waals surface area contributed by atoms with Crippen LogP contribution in [0.3, 0.4) is 0 Å². The molecule has 0 aliphatic carbocycles. The van der Waals surface area contributed by atoms with E-state index in [1.165, 1.54) is 28.3 Å². The standard InChI is InChI=1S/C18H28N4S2.HI/c1-3-19-18(20-12-6-7-14-23-2)21-13-8-11-17-22-15-9-4-5-10-16(15)24-17;/h4-5,9-10H,3,6-8,11-14H2,1-2H3,(H2,19,20,21);1H. The minimum atomic E-state index is 0. The lowest BCUT2D eigenvalue weighted by atomic mass is 10.3.